The molecule has 4 heteroatoms. The third-order valence-electron chi connectivity index (χ3n) is 5.00. The van der Waals surface area contributed by atoms with Gasteiger partial charge in [-0.1, -0.05) is 19.3 Å². The highest BCUT2D eigenvalue weighted by Crippen LogP contribution is 2.32. The van der Waals surface area contributed by atoms with Gasteiger partial charge in [0.15, 0.2) is 0 Å². The first-order valence-corrected chi connectivity index (χ1v) is 8.43. The first-order chi connectivity index (χ1) is 9.86. The minimum absolute atomic E-state index is 0.0140. The summed E-state index contributed by atoms with van der Waals surface area (Å²) in [5.74, 6) is 0. The Morgan fingerprint density at radius 3 is 2.80 bits per heavy atom. The van der Waals surface area contributed by atoms with Crippen molar-refractivity contribution in [1.82, 2.24) is 5.32 Å². The number of hydrogen-bond donors (Lipinski definition) is 1. The fourth-order valence-corrected chi connectivity index (χ4v) is 3.79. The van der Waals surface area contributed by atoms with Crippen LogP contribution < -0.4 is 5.32 Å². The minimum Gasteiger partial charge on any atom is -0.378 e. The molecule has 1 aliphatic carbocycles. The molecule has 1 spiro atoms. The average Bonchev–Trinajstić information content (AvgIpc) is 2.93. The summed E-state index contributed by atoms with van der Waals surface area (Å²) < 4.78 is 17.4. The highest BCUT2D eigenvalue weighted by molar-refractivity contribution is 4.92. The van der Waals surface area contributed by atoms with Crippen molar-refractivity contribution >= 4 is 0 Å². The van der Waals surface area contributed by atoms with Crippen LogP contribution in [0, 0.1) is 0 Å². The monoisotopic (exact) mass is 283 g/mol. The maximum Gasteiger partial charge on any atom is 0.0951 e. The lowest BCUT2D eigenvalue weighted by molar-refractivity contribution is -0.0900. The predicted octanol–water partition coefficient (Wildman–Crippen LogP) is 2.26. The van der Waals surface area contributed by atoms with Crippen LogP contribution in [0.15, 0.2) is 0 Å². The summed E-state index contributed by atoms with van der Waals surface area (Å²) >= 11 is 0. The molecule has 0 aromatic heterocycles. The van der Waals surface area contributed by atoms with Crippen molar-refractivity contribution in [3.8, 4) is 0 Å². The Labute approximate surface area is 122 Å². The molecule has 2 heterocycles. The van der Waals surface area contributed by atoms with Crippen LogP contribution in [0.3, 0.4) is 0 Å². The zero-order valence-corrected chi connectivity index (χ0v) is 12.6. The molecule has 1 N–H and O–H groups in total. The molecule has 3 fully saturated rings. The van der Waals surface area contributed by atoms with Crippen molar-refractivity contribution in [2.45, 2.75) is 69.1 Å². The molecular weight excluding hydrogens is 254 g/mol. The second kappa shape index (κ2) is 7.21. The fourth-order valence-electron chi connectivity index (χ4n) is 3.79. The average molecular weight is 283 g/mol. The Hall–Kier alpha value is -0.160. The third kappa shape index (κ3) is 3.94. The highest BCUT2D eigenvalue weighted by Gasteiger charge is 2.40. The van der Waals surface area contributed by atoms with Crippen LogP contribution in [0.4, 0.5) is 0 Å². The van der Waals surface area contributed by atoms with Crippen molar-refractivity contribution in [2.24, 2.45) is 0 Å². The van der Waals surface area contributed by atoms with Crippen molar-refractivity contribution in [3.05, 3.63) is 0 Å². The van der Waals surface area contributed by atoms with Crippen LogP contribution in [-0.4, -0.2) is 50.7 Å². The summed E-state index contributed by atoms with van der Waals surface area (Å²) in [6.45, 7) is 4.33. The van der Waals surface area contributed by atoms with Crippen molar-refractivity contribution in [1.29, 1.82) is 0 Å². The molecule has 4 nitrogen and oxygen atoms in total. The zero-order chi connectivity index (χ0) is 13.7. The van der Waals surface area contributed by atoms with Crippen molar-refractivity contribution in [2.75, 3.05) is 33.0 Å². The molecule has 2 atom stereocenters. The van der Waals surface area contributed by atoms with Crippen LogP contribution >= 0.6 is 0 Å². The Morgan fingerprint density at radius 1 is 1.10 bits per heavy atom. The lowest BCUT2D eigenvalue weighted by Crippen LogP contribution is -2.48. The molecule has 0 amide bonds. The van der Waals surface area contributed by atoms with E-state index in [0.717, 1.165) is 52.2 Å². The lowest BCUT2D eigenvalue weighted by atomic mass is 9.90. The van der Waals surface area contributed by atoms with Crippen molar-refractivity contribution < 1.29 is 14.2 Å². The van der Waals surface area contributed by atoms with E-state index in [1.165, 1.54) is 32.1 Å². The van der Waals surface area contributed by atoms with Crippen LogP contribution in [0.1, 0.15) is 51.4 Å². The second-order valence-corrected chi connectivity index (χ2v) is 6.61. The van der Waals surface area contributed by atoms with Gasteiger partial charge >= 0.3 is 0 Å². The third-order valence-corrected chi connectivity index (χ3v) is 5.00. The molecule has 0 aromatic rings. The van der Waals surface area contributed by atoms with Gasteiger partial charge in [-0.15, -0.1) is 0 Å². The summed E-state index contributed by atoms with van der Waals surface area (Å²) in [6.07, 6.45) is 10.4. The molecule has 3 rings (SSSR count). The maximum absolute atomic E-state index is 5.97. The number of rotatable bonds is 5. The van der Waals surface area contributed by atoms with E-state index in [4.69, 9.17) is 14.2 Å². The normalized spacial score (nSPS) is 35.7. The molecule has 0 radical (unpaired) electrons. The van der Waals surface area contributed by atoms with Crippen molar-refractivity contribution in [3.63, 3.8) is 0 Å². The first kappa shape index (κ1) is 14.8. The first-order valence-electron chi connectivity index (χ1n) is 8.43. The summed E-state index contributed by atoms with van der Waals surface area (Å²) in [5, 5.41) is 3.65. The molecule has 3 aliphatic rings. The van der Waals surface area contributed by atoms with Crippen LogP contribution in [0.2, 0.25) is 0 Å². The van der Waals surface area contributed by atoms with Gasteiger partial charge in [-0.05, 0) is 25.7 Å². The Bertz CT molecular complexity index is 285. The van der Waals surface area contributed by atoms with Crippen LogP contribution in [-0.2, 0) is 14.2 Å². The topological polar surface area (TPSA) is 39.7 Å². The van der Waals surface area contributed by atoms with Gasteiger partial charge in [-0.2, -0.15) is 0 Å². The summed E-state index contributed by atoms with van der Waals surface area (Å²) in [4.78, 5) is 0. The highest BCUT2D eigenvalue weighted by atomic mass is 16.6. The van der Waals surface area contributed by atoms with E-state index in [1.54, 1.807) is 0 Å². The fraction of sp³-hybridized carbons (Fsp3) is 1.00. The summed E-state index contributed by atoms with van der Waals surface area (Å²) in [7, 11) is 0. The Morgan fingerprint density at radius 2 is 2.00 bits per heavy atom. The number of hydrogen-bond acceptors (Lipinski definition) is 4. The predicted molar refractivity (Wildman–Crippen MR) is 78.0 cm³/mol. The van der Waals surface area contributed by atoms with Gasteiger partial charge in [0.25, 0.3) is 0 Å². The molecule has 2 aliphatic heterocycles. The lowest BCUT2D eigenvalue weighted by Gasteiger charge is -2.37. The SMILES string of the molecule is C1CCC(OCCNC2CCOC3(CCOC3)C2)CC1. The minimum atomic E-state index is 0.0140. The van der Waals surface area contributed by atoms with Crippen LogP contribution in [0.5, 0.6) is 0 Å². The van der Waals surface area contributed by atoms with Gasteiger partial charge in [-0.25, -0.2) is 0 Å². The van der Waals surface area contributed by atoms with Gasteiger partial charge < -0.3 is 19.5 Å². The number of nitrogens with one attached hydrogen (secondary N) is 1. The Balaban J connectivity index is 1.31. The molecule has 20 heavy (non-hydrogen) atoms. The maximum atomic E-state index is 5.97. The quantitative estimate of drug-likeness (QED) is 0.786. The van der Waals surface area contributed by atoms with E-state index in [-0.39, 0.29) is 5.60 Å². The smallest absolute Gasteiger partial charge is 0.0951 e. The van der Waals surface area contributed by atoms with E-state index < -0.39 is 0 Å². The van der Waals surface area contributed by atoms with E-state index in [1.807, 2.05) is 0 Å². The van der Waals surface area contributed by atoms with E-state index in [9.17, 15) is 0 Å². The van der Waals surface area contributed by atoms with Gasteiger partial charge in [-0.3, -0.25) is 0 Å². The van der Waals surface area contributed by atoms with Gasteiger partial charge in [0.2, 0.25) is 0 Å². The second-order valence-electron chi connectivity index (χ2n) is 6.61. The van der Waals surface area contributed by atoms with E-state index in [2.05, 4.69) is 5.32 Å². The largest absolute Gasteiger partial charge is 0.378 e. The Kier molecular flexibility index (Phi) is 5.32. The van der Waals surface area contributed by atoms with Gasteiger partial charge in [0.05, 0.1) is 24.9 Å². The zero-order valence-electron chi connectivity index (χ0n) is 12.6. The number of ether oxygens (including phenoxy) is 3. The van der Waals surface area contributed by atoms with E-state index in [0.29, 0.717) is 12.1 Å². The van der Waals surface area contributed by atoms with Gasteiger partial charge in [0, 0.05) is 32.2 Å². The van der Waals surface area contributed by atoms with Gasteiger partial charge in [0.1, 0.15) is 0 Å². The molecule has 2 unspecified atom stereocenters. The van der Waals surface area contributed by atoms with E-state index >= 15 is 0 Å². The molecule has 0 bridgehead atoms. The standard InChI is InChI=1S/C16H29NO3/c1-2-4-15(5-3-1)19-11-8-17-14-6-9-20-16(12-14)7-10-18-13-16/h14-15,17H,1-13H2. The molecule has 116 valence electrons. The molecular formula is C16H29NO3. The summed E-state index contributed by atoms with van der Waals surface area (Å²) in [6, 6.07) is 0.570. The summed E-state index contributed by atoms with van der Waals surface area (Å²) in [5.41, 5.74) is 0.0140. The molecule has 1 saturated carbocycles. The van der Waals surface area contributed by atoms with Crippen LogP contribution in [0.25, 0.3) is 0 Å². The molecule has 2 saturated heterocycles. The molecule has 0 aromatic carbocycles.